The third-order valence-corrected chi connectivity index (χ3v) is 3.14. The van der Waals surface area contributed by atoms with E-state index in [9.17, 15) is 4.79 Å². The molecule has 0 spiro atoms. The third-order valence-electron chi connectivity index (χ3n) is 3.14. The molecule has 5 nitrogen and oxygen atoms in total. The molecular formula is C15H15NO4. The summed E-state index contributed by atoms with van der Waals surface area (Å²) in [6.45, 7) is 2.94. The Balaban J connectivity index is 1.80. The molecule has 1 aliphatic heterocycles. The molecule has 0 amide bonds. The molecular weight excluding hydrogens is 258 g/mol. The van der Waals surface area contributed by atoms with E-state index in [0.717, 1.165) is 18.8 Å². The van der Waals surface area contributed by atoms with E-state index in [0.29, 0.717) is 19.0 Å². The second kappa shape index (κ2) is 5.79. The number of carbonyl (C=O) groups excluding carboxylic acids is 1. The molecule has 5 heteroatoms. The topological polar surface area (TPSA) is 51.9 Å². The standard InChI is InChI=1S/C15H15NO4/c17-15(14-6-3-9-19-14)20-13-5-2-1-4-12(13)16-7-10-18-11-8-16/h1-6,9H,7-8,10-11H2. The molecule has 0 atom stereocenters. The van der Waals surface area contributed by atoms with Crippen molar-refractivity contribution in [3.63, 3.8) is 0 Å². The second-order valence-corrected chi connectivity index (χ2v) is 4.43. The lowest BCUT2D eigenvalue weighted by atomic mass is 10.2. The van der Waals surface area contributed by atoms with E-state index in [1.165, 1.54) is 6.26 Å². The zero-order valence-electron chi connectivity index (χ0n) is 11.0. The summed E-state index contributed by atoms with van der Waals surface area (Å²) in [5.41, 5.74) is 0.899. The minimum atomic E-state index is -0.490. The van der Waals surface area contributed by atoms with Crippen molar-refractivity contribution in [1.29, 1.82) is 0 Å². The zero-order chi connectivity index (χ0) is 13.8. The molecule has 3 rings (SSSR count). The van der Waals surface area contributed by atoms with Crippen molar-refractivity contribution in [2.24, 2.45) is 0 Å². The van der Waals surface area contributed by atoms with Crippen LogP contribution in [-0.2, 0) is 4.74 Å². The van der Waals surface area contributed by atoms with Gasteiger partial charge in [0.15, 0.2) is 5.75 Å². The van der Waals surface area contributed by atoms with Gasteiger partial charge in [-0.2, -0.15) is 0 Å². The van der Waals surface area contributed by atoms with Crippen molar-refractivity contribution in [2.75, 3.05) is 31.2 Å². The summed E-state index contributed by atoms with van der Waals surface area (Å²) >= 11 is 0. The Bertz CT molecular complexity index is 573. The Labute approximate surface area is 116 Å². The van der Waals surface area contributed by atoms with E-state index < -0.39 is 5.97 Å². The number of carbonyl (C=O) groups is 1. The molecule has 104 valence electrons. The fourth-order valence-electron chi connectivity index (χ4n) is 2.15. The van der Waals surface area contributed by atoms with E-state index in [2.05, 4.69) is 4.90 Å². The molecule has 1 aromatic carbocycles. The summed E-state index contributed by atoms with van der Waals surface area (Å²) in [4.78, 5) is 14.1. The lowest BCUT2D eigenvalue weighted by Gasteiger charge is -2.29. The van der Waals surface area contributed by atoms with Crippen LogP contribution in [0.25, 0.3) is 0 Å². The second-order valence-electron chi connectivity index (χ2n) is 4.43. The molecule has 0 aliphatic carbocycles. The number of para-hydroxylation sites is 2. The van der Waals surface area contributed by atoms with Crippen molar-refractivity contribution in [3.05, 3.63) is 48.4 Å². The molecule has 0 radical (unpaired) electrons. The van der Waals surface area contributed by atoms with Crippen LogP contribution in [0.3, 0.4) is 0 Å². The van der Waals surface area contributed by atoms with E-state index in [1.54, 1.807) is 18.2 Å². The summed E-state index contributed by atoms with van der Waals surface area (Å²) < 4.78 is 15.8. The lowest BCUT2D eigenvalue weighted by molar-refractivity contribution is 0.0701. The highest BCUT2D eigenvalue weighted by Gasteiger charge is 2.18. The molecule has 1 fully saturated rings. The molecule has 0 unspecified atom stereocenters. The summed E-state index contributed by atoms with van der Waals surface area (Å²) in [6.07, 6.45) is 1.45. The fraction of sp³-hybridized carbons (Fsp3) is 0.267. The first kappa shape index (κ1) is 12.7. The highest BCUT2D eigenvalue weighted by Crippen LogP contribution is 2.29. The summed E-state index contributed by atoms with van der Waals surface area (Å²) in [5, 5.41) is 0. The third kappa shape index (κ3) is 2.67. The van der Waals surface area contributed by atoms with Crippen LogP contribution in [0.15, 0.2) is 47.1 Å². The highest BCUT2D eigenvalue weighted by atomic mass is 16.5. The van der Waals surface area contributed by atoms with Crippen molar-refractivity contribution in [2.45, 2.75) is 0 Å². The Kier molecular flexibility index (Phi) is 3.69. The first-order valence-electron chi connectivity index (χ1n) is 6.52. The van der Waals surface area contributed by atoms with Crippen LogP contribution in [0, 0.1) is 0 Å². The monoisotopic (exact) mass is 273 g/mol. The Hall–Kier alpha value is -2.27. The van der Waals surface area contributed by atoms with Gasteiger partial charge < -0.3 is 18.8 Å². The smallest absolute Gasteiger partial charge is 0.379 e. The van der Waals surface area contributed by atoms with Gasteiger partial charge in [0, 0.05) is 13.1 Å². The van der Waals surface area contributed by atoms with Crippen LogP contribution < -0.4 is 9.64 Å². The number of morpholine rings is 1. The maximum Gasteiger partial charge on any atom is 0.379 e. The SMILES string of the molecule is O=C(Oc1ccccc1N1CCOCC1)c1ccco1. The normalized spacial score (nSPS) is 15.1. The Morgan fingerprint density at radius 2 is 1.90 bits per heavy atom. The van der Waals surface area contributed by atoms with Gasteiger partial charge in [0.05, 0.1) is 25.2 Å². The van der Waals surface area contributed by atoms with Crippen molar-refractivity contribution in [3.8, 4) is 5.75 Å². The first-order chi connectivity index (χ1) is 9.84. The van der Waals surface area contributed by atoms with Crippen molar-refractivity contribution < 1.29 is 18.7 Å². The summed E-state index contributed by atoms with van der Waals surface area (Å²) in [7, 11) is 0. The van der Waals surface area contributed by atoms with Crippen LogP contribution in [-0.4, -0.2) is 32.3 Å². The quantitative estimate of drug-likeness (QED) is 0.634. The molecule has 2 aromatic rings. The summed E-state index contributed by atoms with van der Waals surface area (Å²) in [6, 6.07) is 10.7. The molecule has 0 N–H and O–H groups in total. The number of anilines is 1. The van der Waals surface area contributed by atoms with Gasteiger partial charge >= 0.3 is 5.97 Å². The zero-order valence-corrected chi connectivity index (χ0v) is 11.0. The van der Waals surface area contributed by atoms with Crippen LogP contribution in [0.5, 0.6) is 5.75 Å². The van der Waals surface area contributed by atoms with Crippen molar-refractivity contribution in [1.82, 2.24) is 0 Å². The number of rotatable bonds is 3. The number of hydrogen-bond donors (Lipinski definition) is 0. The van der Waals surface area contributed by atoms with Gasteiger partial charge in [0.25, 0.3) is 0 Å². The van der Waals surface area contributed by atoms with Gasteiger partial charge in [-0.15, -0.1) is 0 Å². The van der Waals surface area contributed by atoms with Gasteiger partial charge in [0.2, 0.25) is 5.76 Å². The van der Waals surface area contributed by atoms with Gasteiger partial charge in [-0.05, 0) is 24.3 Å². The molecule has 1 aromatic heterocycles. The van der Waals surface area contributed by atoms with Crippen LogP contribution in [0.1, 0.15) is 10.6 Å². The Morgan fingerprint density at radius 3 is 2.65 bits per heavy atom. The molecule has 20 heavy (non-hydrogen) atoms. The average molecular weight is 273 g/mol. The van der Waals surface area contributed by atoms with Gasteiger partial charge in [-0.1, -0.05) is 12.1 Å². The first-order valence-corrected chi connectivity index (χ1v) is 6.52. The van der Waals surface area contributed by atoms with Gasteiger partial charge in [-0.25, -0.2) is 4.79 Å². The number of furan rings is 1. The molecule has 1 aliphatic rings. The van der Waals surface area contributed by atoms with E-state index in [-0.39, 0.29) is 5.76 Å². The van der Waals surface area contributed by atoms with Crippen LogP contribution >= 0.6 is 0 Å². The van der Waals surface area contributed by atoms with E-state index in [4.69, 9.17) is 13.9 Å². The maximum absolute atomic E-state index is 12.0. The number of benzene rings is 1. The predicted octanol–water partition coefficient (Wildman–Crippen LogP) is 2.34. The number of nitrogens with zero attached hydrogens (tertiary/aromatic N) is 1. The molecule has 1 saturated heterocycles. The number of esters is 1. The summed E-state index contributed by atoms with van der Waals surface area (Å²) in [5.74, 6) is 0.244. The van der Waals surface area contributed by atoms with E-state index >= 15 is 0 Å². The molecule has 0 bridgehead atoms. The van der Waals surface area contributed by atoms with Crippen molar-refractivity contribution >= 4 is 11.7 Å². The maximum atomic E-state index is 12.0. The van der Waals surface area contributed by atoms with E-state index in [1.807, 2.05) is 18.2 Å². The Morgan fingerprint density at radius 1 is 1.10 bits per heavy atom. The fourth-order valence-corrected chi connectivity index (χ4v) is 2.15. The highest BCUT2D eigenvalue weighted by molar-refractivity contribution is 5.89. The average Bonchev–Trinajstić information content (AvgIpc) is 3.03. The van der Waals surface area contributed by atoms with Crippen LogP contribution in [0.4, 0.5) is 5.69 Å². The minimum absolute atomic E-state index is 0.196. The van der Waals surface area contributed by atoms with Crippen LogP contribution in [0.2, 0.25) is 0 Å². The minimum Gasteiger partial charge on any atom is -0.457 e. The number of hydrogen-bond acceptors (Lipinski definition) is 5. The largest absolute Gasteiger partial charge is 0.457 e. The van der Waals surface area contributed by atoms with Gasteiger partial charge in [0.1, 0.15) is 0 Å². The van der Waals surface area contributed by atoms with Gasteiger partial charge in [-0.3, -0.25) is 0 Å². The molecule has 2 heterocycles. The lowest BCUT2D eigenvalue weighted by Crippen LogP contribution is -2.36. The molecule has 0 saturated carbocycles. The number of ether oxygens (including phenoxy) is 2. The predicted molar refractivity (Wildman–Crippen MR) is 73.1 cm³/mol.